The number of benzene rings is 1. The highest BCUT2D eigenvalue weighted by atomic mass is 79.9. The van der Waals surface area contributed by atoms with Crippen LogP contribution in [0.5, 0.6) is 0 Å². The number of carbonyl (C=O) groups excluding carboxylic acids is 1. The summed E-state index contributed by atoms with van der Waals surface area (Å²) >= 11 is 3.34. The third kappa shape index (κ3) is 3.12. The third-order valence-corrected chi connectivity index (χ3v) is 3.27. The van der Waals surface area contributed by atoms with Crippen molar-refractivity contribution in [2.45, 2.75) is 13.8 Å². The summed E-state index contributed by atoms with van der Waals surface area (Å²) in [5.74, 6) is 0.312. The van der Waals surface area contributed by atoms with E-state index in [-0.39, 0.29) is 5.91 Å². The van der Waals surface area contributed by atoms with Gasteiger partial charge in [-0.05, 0) is 49.2 Å². The summed E-state index contributed by atoms with van der Waals surface area (Å²) in [4.78, 5) is 16.3. The maximum absolute atomic E-state index is 12.2. The molecule has 19 heavy (non-hydrogen) atoms. The van der Waals surface area contributed by atoms with E-state index in [0.717, 1.165) is 15.6 Å². The lowest BCUT2D eigenvalue weighted by Crippen LogP contribution is -2.15. The molecule has 0 saturated heterocycles. The predicted molar refractivity (Wildman–Crippen MR) is 80.2 cm³/mol. The molecule has 1 aromatic carbocycles. The molecule has 0 atom stereocenters. The first-order valence-corrected chi connectivity index (χ1v) is 6.56. The van der Waals surface area contributed by atoms with Gasteiger partial charge in [0.1, 0.15) is 5.82 Å². The number of nitrogens with two attached hydrogens (primary N) is 1. The number of aryl methyl sites for hydroxylation is 1. The SMILES string of the molecule is Cc1ccnc(NC(=O)c2cc(Br)cc(N)c2C)c1. The molecule has 0 aliphatic carbocycles. The Hall–Kier alpha value is -1.88. The topological polar surface area (TPSA) is 68.0 Å². The summed E-state index contributed by atoms with van der Waals surface area (Å²) in [6.45, 7) is 3.76. The van der Waals surface area contributed by atoms with Crippen molar-refractivity contribution in [2.75, 3.05) is 11.1 Å². The number of halogens is 1. The van der Waals surface area contributed by atoms with Crippen molar-refractivity contribution >= 4 is 33.3 Å². The molecule has 1 aromatic heterocycles. The van der Waals surface area contributed by atoms with Crippen LogP contribution in [0.3, 0.4) is 0 Å². The summed E-state index contributed by atoms with van der Waals surface area (Å²) in [5.41, 5.74) is 8.76. The van der Waals surface area contributed by atoms with Crippen LogP contribution in [0.25, 0.3) is 0 Å². The quantitative estimate of drug-likeness (QED) is 0.834. The molecule has 2 rings (SSSR count). The van der Waals surface area contributed by atoms with Gasteiger partial charge in [0.15, 0.2) is 0 Å². The van der Waals surface area contributed by atoms with Crippen LogP contribution in [0.15, 0.2) is 34.9 Å². The molecule has 0 saturated carbocycles. The van der Waals surface area contributed by atoms with Gasteiger partial charge >= 0.3 is 0 Å². The molecular weight excluding hydrogens is 306 g/mol. The fourth-order valence-corrected chi connectivity index (χ4v) is 2.20. The Morgan fingerprint density at radius 3 is 2.74 bits per heavy atom. The predicted octanol–water partition coefficient (Wildman–Crippen LogP) is 3.30. The monoisotopic (exact) mass is 319 g/mol. The van der Waals surface area contributed by atoms with E-state index in [1.165, 1.54) is 0 Å². The molecule has 0 unspecified atom stereocenters. The van der Waals surface area contributed by atoms with E-state index < -0.39 is 0 Å². The van der Waals surface area contributed by atoms with Crippen LogP contribution in [-0.4, -0.2) is 10.9 Å². The Morgan fingerprint density at radius 1 is 1.32 bits per heavy atom. The van der Waals surface area contributed by atoms with E-state index >= 15 is 0 Å². The Labute approximate surface area is 120 Å². The van der Waals surface area contributed by atoms with Gasteiger partial charge in [-0.2, -0.15) is 0 Å². The van der Waals surface area contributed by atoms with Crippen LogP contribution in [0.4, 0.5) is 11.5 Å². The number of anilines is 2. The number of nitrogen functional groups attached to an aromatic ring is 1. The molecular formula is C14H14BrN3O. The van der Waals surface area contributed by atoms with Crippen molar-refractivity contribution in [3.63, 3.8) is 0 Å². The largest absolute Gasteiger partial charge is 0.398 e. The van der Waals surface area contributed by atoms with Crippen LogP contribution in [0.2, 0.25) is 0 Å². The highest BCUT2D eigenvalue weighted by molar-refractivity contribution is 9.10. The van der Waals surface area contributed by atoms with Gasteiger partial charge in [-0.3, -0.25) is 4.79 Å². The number of pyridine rings is 1. The third-order valence-electron chi connectivity index (χ3n) is 2.81. The normalized spacial score (nSPS) is 10.3. The van der Waals surface area contributed by atoms with E-state index in [4.69, 9.17) is 5.73 Å². The van der Waals surface area contributed by atoms with Gasteiger partial charge in [0.25, 0.3) is 5.91 Å². The molecule has 3 N–H and O–H groups in total. The zero-order valence-corrected chi connectivity index (χ0v) is 12.3. The summed E-state index contributed by atoms with van der Waals surface area (Å²) in [7, 11) is 0. The zero-order chi connectivity index (χ0) is 14.0. The lowest BCUT2D eigenvalue weighted by atomic mass is 10.1. The van der Waals surface area contributed by atoms with Crippen molar-refractivity contribution in [1.82, 2.24) is 4.98 Å². The second kappa shape index (κ2) is 5.40. The van der Waals surface area contributed by atoms with Crippen molar-refractivity contribution in [3.05, 3.63) is 51.6 Å². The second-order valence-corrected chi connectivity index (χ2v) is 5.26. The van der Waals surface area contributed by atoms with E-state index in [1.54, 1.807) is 18.3 Å². The second-order valence-electron chi connectivity index (χ2n) is 4.34. The number of hydrogen-bond acceptors (Lipinski definition) is 3. The molecule has 0 bridgehead atoms. The van der Waals surface area contributed by atoms with Gasteiger partial charge in [-0.15, -0.1) is 0 Å². The van der Waals surface area contributed by atoms with Crippen LogP contribution in [0, 0.1) is 13.8 Å². The Bertz CT molecular complexity index is 641. The minimum atomic E-state index is -0.219. The lowest BCUT2D eigenvalue weighted by Gasteiger charge is -2.10. The minimum Gasteiger partial charge on any atom is -0.398 e. The Kier molecular flexibility index (Phi) is 3.85. The van der Waals surface area contributed by atoms with Crippen LogP contribution >= 0.6 is 15.9 Å². The molecule has 98 valence electrons. The van der Waals surface area contributed by atoms with Crippen LogP contribution in [0.1, 0.15) is 21.5 Å². The number of amides is 1. The number of aromatic nitrogens is 1. The molecule has 0 fully saturated rings. The maximum atomic E-state index is 12.2. The highest BCUT2D eigenvalue weighted by Crippen LogP contribution is 2.23. The fourth-order valence-electron chi connectivity index (χ4n) is 1.72. The molecule has 1 heterocycles. The molecule has 4 nitrogen and oxygen atoms in total. The lowest BCUT2D eigenvalue weighted by molar-refractivity contribution is 0.102. The first-order valence-electron chi connectivity index (χ1n) is 5.77. The summed E-state index contributed by atoms with van der Waals surface area (Å²) in [6.07, 6.45) is 1.66. The molecule has 1 amide bonds. The molecule has 0 aliphatic heterocycles. The van der Waals surface area contributed by atoms with Gasteiger partial charge in [-0.25, -0.2) is 4.98 Å². The van der Waals surface area contributed by atoms with Crippen LogP contribution in [-0.2, 0) is 0 Å². The Balaban J connectivity index is 2.30. The van der Waals surface area contributed by atoms with Gasteiger partial charge in [0.2, 0.25) is 0 Å². The van der Waals surface area contributed by atoms with Crippen molar-refractivity contribution in [1.29, 1.82) is 0 Å². The van der Waals surface area contributed by atoms with Gasteiger partial charge in [-0.1, -0.05) is 15.9 Å². The average Bonchev–Trinajstić information content (AvgIpc) is 2.33. The summed E-state index contributed by atoms with van der Waals surface area (Å²) < 4.78 is 0.776. The average molecular weight is 320 g/mol. The maximum Gasteiger partial charge on any atom is 0.257 e. The first-order chi connectivity index (χ1) is 8.97. The first kappa shape index (κ1) is 13.5. The molecule has 2 aromatic rings. The smallest absolute Gasteiger partial charge is 0.257 e. The zero-order valence-electron chi connectivity index (χ0n) is 10.7. The van der Waals surface area contributed by atoms with Crippen molar-refractivity contribution in [3.8, 4) is 0 Å². The minimum absolute atomic E-state index is 0.219. The summed E-state index contributed by atoms with van der Waals surface area (Å²) in [5, 5.41) is 2.77. The number of nitrogens with zero attached hydrogens (tertiary/aromatic N) is 1. The molecule has 0 spiro atoms. The molecule has 0 aliphatic rings. The molecule has 5 heteroatoms. The van der Waals surface area contributed by atoms with Crippen LogP contribution < -0.4 is 11.1 Å². The van der Waals surface area contributed by atoms with Crippen molar-refractivity contribution in [2.24, 2.45) is 0 Å². The Morgan fingerprint density at radius 2 is 2.05 bits per heavy atom. The van der Waals surface area contributed by atoms with Crippen molar-refractivity contribution < 1.29 is 4.79 Å². The fraction of sp³-hybridized carbons (Fsp3) is 0.143. The number of carbonyl (C=O) groups is 1. The summed E-state index contributed by atoms with van der Waals surface area (Å²) in [6, 6.07) is 7.21. The highest BCUT2D eigenvalue weighted by Gasteiger charge is 2.13. The standard InChI is InChI=1S/C14H14BrN3O/c1-8-3-4-17-13(5-8)18-14(19)11-6-10(15)7-12(16)9(11)2/h3-7H,16H2,1-2H3,(H,17,18,19). The van der Waals surface area contributed by atoms with E-state index in [2.05, 4.69) is 26.2 Å². The number of rotatable bonds is 2. The van der Waals surface area contributed by atoms with E-state index in [9.17, 15) is 4.79 Å². The van der Waals surface area contributed by atoms with Gasteiger partial charge in [0.05, 0.1) is 0 Å². The number of nitrogens with one attached hydrogen (secondary N) is 1. The molecule has 0 radical (unpaired) electrons. The van der Waals surface area contributed by atoms with E-state index in [0.29, 0.717) is 17.1 Å². The number of hydrogen-bond donors (Lipinski definition) is 2. The van der Waals surface area contributed by atoms with E-state index in [1.807, 2.05) is 26.0 Å². The van der Waals surface area contributed by atoms with Gasteiger partial charge in [0, 0.05) is 21.9 Å². The van der Waals surface area contributed by atoms with Gasteiger partial charge < -0.3 is 11.1 Å².